The van der Waals surface area contributed by atoms with E-state index < -0.39 is 70.5 Å². The van der Waals surface area contributed by atoms with Crippen LogP contribution in [0, 0.1) is 5.92 Å². The maximum atomic E-state index is 13.5. The second-order valence-corrected chi connectivity index (χ2v) is 11.7. The SMILES string of the molecule is CCCCCC[C@@H](C)/C=C(C)/C=C/C(=O)N[C@H]1C[C@]2(OC(C)=O)[C@H]3O[C@H]3C(=O)[C@](Cl)([C@H]1OC(C)=O)[C@H]2OC(C)=O. The molecule has 1 aliphatic heterocycles. The van der Waals surface area contributed by atoms with Crippen molar-refractivity contribution in [1.29, 1.82) is 0 Å². The van der Waals surface area contributed by atoms with Crippen molar-refractivity contribution in [3.8, 4) is 0 Å². The Kier molecular flexibility index (Phi) is 10.2. The number of epoxide rings is 1. The zero-order chi connectivity index (χ0) is 29.8. The number of alkyl halides is 1. The maximum absolute atomic E-state index is 13.5. The first-order chi connectivity index (χ1) is 18.8. The van der Waals surface area contributed by atoms with E-state index in [0.717, 1.165) is 39.2 Å². The number of carbonyl (C=O) groups excluding carboxylic acids is 5. The van der Waals surface area contributed by atoms with E-state index >= 15 is 0 Å². The summed E-state index contributed by atoms with van der Waals surface area (Å²) < 4.78 is 22.2. The number of nitrogens with one attached hydrogen (secondary N) is 1. The number of fused-ring (bicyclic) bond motifs is 4. The van der Waals surface area contributed by atoms with Crippen LogP contribution in [0.1, 0.15) is 80.1 Å². The minimum absolute atomic E-state index is 0.172. The molecule has 40 heavy (non-hydrogen) atoms. The molecule has 1 amide bonds. The summed E-state index contributed by atoms with van der Waals surface area (Å²) in [7, 11) is 0. The zero-order valence-corrected chi connectivity index (χ0v) is 24.7. The van der Waals surface area contributed by atoms with Gasteiger partial charge in [-0.05, 0) is 19.3 Å². The van der Waals surface area contributed by atoms with Crippen molar-refractivity contribution in [2.75, 3.05) is 0 Å². The number of allylic oxidation sites excluding steroid dienone is 3. The minimum Gasteiger partial charge on any atom is -0.458 e. The lowest BCUT2D eigenvalue weighted by atomic mass is 9.62. The topological polar surface area (TPSA) is 138 Å². The molecule has 0 aromatic rings. The summed E-state index contributed by atoms with van der Waals surface area (Å²) >= 11 is 6.94. The molecule has 0 aromatic heterocycles. The van der Waals surface area contributed by atoms with Gasteiger partial charge in [-0.2, -0.15) is 0 Å². The first kappa shape index (κ1) is 31.8. The number of Topliss-reactive ketones (excluding diaryl/α,β-unsaturated/α-hetero) is 1. The molecule has 3 fully saturated rings. The highest BCUT2D eigenvalue weighted by Gasteiger charge is 2.82. The number of rotatable bonds is 12. The minimum atomic E-state index is -2.17. The van der Waals surface area contributed by atoms with Crippen molar-refractivity contribution < 1.29 is 42.9 Å². The highest BCUT2D eigenvalue weighted by Crippen LogP contribution is 2.58. The third kappa shape index (κ3) is 6.77. The van der Waals surface area contributed by atoms with Gasteiger partial charge in [0.05, 0.1) is 6.04 Å². The fourth-order valence-electron chi connectivity index (χ4n) is 5.96. The lowest BCUT2D eigenvalue weighted by Crippen LogP contribution is -2.79. The highest BCUT2D eigenvalue weighted by atomic mass is 35.5. The molecule has 10 nitrogen and oxygen atoms in total. The van der Waals surface area contributed by atoms with E-state index in [-0.39, 0.29) is 6.42 Å². The van der Waals surface area contributed by atoms with Crippen LogP contribution in [0.3, 0.4) is 0 Å². The number of hydrogen-bond acceptors (Lipinski definition) is 9. The first-order valence-corrected chi connectivity index (χ1v) is 14.2. The van der Waals surface area contributed by atoms with Crippen molar-refractivity contribution in [2.45, 2.75) is 121 Å². The Morgan fingerprint density at radius 2 is 1.73 bits per heavy atom. The molecule has 1 N–H and O–H groups in total. The maximum Gasteiger partial charge on any atom is 0.303 e. The molecule has 0 unspecified atom stereocenters. The van der Waals surface area contributed by atoms with Gasteiger partial charge in [0.2, 0.25) is 5.91 Å². The quantitative estimate of drug-likeness (QED) is 0.0698. The molecule has 0 radical (unpaired) electrons. The van der Waals surface area contributed by atoms with Gasteiger partial charge >= 0.3 is 17.9 Å². The summed E-state index contributed by atoms with van der Waals surface area (Å²) in [6, 6.07) is -1.07. The van der Waals surface area contributed by atoms with Crippen molar-refractivity contribution >= 4 is 41.2 Å². The normalized spacial score (nSPS) is 33.5. The predicted octanol–water partition coefficient (Wildman–Crippen LogP) is 3.48. The summed E-state index contributed by atoms with van der Waals surface area (Å²) in [5.41, 5.74) is -0.779. The van der Waals surface area contributed by atoms with E-state index in [9.17, 15) is 24.0 Å². The smallest absolute Gasteiger partial charge is 0.303 e. The summed E-state index contributed by atoms with van der Waals surface area (Å²) in [4.78, 5) is 60.7. The number of amides is 1. The number of carbonyl (C=O) groups is 5. The summed E-state index contributed by atoms with van der Waals surface area (Å²) in [6.07, 6.45) is 5.81. The van der Waals surface area contributed by atoms with Crippen molar-refractivity contribution in [3.63, 3.8) is 0 Å². The molecular weight excluding hydrogens is 542 g/mol. The van der Waals surface area contributed by atoms with E-state index in [1.54, 1.807) is 6.08 Å². The molecule has 11 heteroatoms. The van der Waals surface area contributed by atoms with Crippen molar-refractivity contribution in [3.05, 3.63) is 23.8 Å². The Hall–Kier alpha value is -2.72. The van der Waals surface area contributed by atoms with Gasteiger partial charge in [0.1, 0.15) is 12.2 Å². The standard InChI is InChI=1S/C29H40ClNO9/c1-7-8-9-10-11-16(2)14-17(3)12-13-22(35)31-21-15-28(40-20(6)34)26-23(39-26)24(36)29(30,25(21)37-18(4)32)27(28)38-19(5)33/h12-14,16,21,23,25-27H,7-11,15H2,1-6H3,(H,31,35)/b13-12+,17-14+/t16-,21+,23+,25+,26+,27+,28+,29+/m1/s1. The monoisotopic (exact) mass is 581 g/mol. The first-order valence-electron chi connectivity index (χ1n) is 13.9. The average Bonchev–Trinajstić information content (AvgIpc) is 3.65. The largest absolute Gasteiger partial charge is 0.458 e. The average molecular weight is 582 g/mol. The van der Waals surface area contributed by atoms with E-state index in [4.69, 9.17) is 30.5 Å². The summed E-state index contributed by atoms with van der Waals surface area (Å²) in [6.45, 7) is 9.62. The fraction of sp³-hybridized carbons (Fsp3) is 0.690. The molecular formula is C29H40ClNO9. The molecule has 8 atom stereocenters. The van der Waals surface area contributed by atoms with Gasteiger partial charge in [-0.3, -0.25) is 24.0 Å². The van der Waals surface area contributed by atoms with Gasteiger partial charge < -0.3 is 24.3 Å². The molecule has 0 spiro atoms. The number of halogens is 1. The Balaban J connectivity index is 1.87. The lowest BCUT2D eigenvalue weighted by molar-refractivity contribution is -0.220. The number of ketones is 1. The second kappa shape index (κ2) is 12.9. The number of esters is 3. The van der Waals surface area contributed by atoms with Gasteiger partial charge in [0.25, 0.3) is 0 Å². The third-order valence-electron chi connectivity index (χ3n) is 7.55. The van der Waals surface area contributed by atoms with Crippen molar-refractivity contribution in [2.24, 2.45) is 5.92 Å². The molecule has 2 saturated carbocycles. The van der Waals surface area contributed by atoms with Crippen LogP contribution >= 0.6 is 11.6 Å². The van der Waals surface area contributed by atoms with Crippen LogP contribution in [0.2, 0.25) is 0 Å². The lowest BCUT2D eigenvalue weighted by Gasteiger charge is -2.55. The van der Waals surface area contributed by atoms with Gasteiger partial charge in [-0.1, -0.05) is 57.3 Å². The molecule has 3 rings (SSSR count). The van der Waals surface area contributed by atoms with E-state index in [1.807, 2.05) is 6.92 Å². The molecule has 2 bridgehead atoms. The van der Waals surface area contributed by atoms with Gasteiger partial charge in [-0.15, -0.1) is 11.6 Å². The Bertz CT molecular complexity index is 1090. The van der Waals surface area contributed by atoms with Gasteiger partial charge in [0, 0.05) is 33.3 Å². The zero-order valence-electron chi connectivity index (χ0n) is 24.0. The molecule has 2 aliphatic carbocycles. The number of hydrogen-bond donors (Lipinski definition) is 1. The van der Waals surface area contributed by atoms with Crippen LogP contribution in [-0.4, -0.2) is 70.5 Å². The van der Waals surface area contributed by atoms with Crippen LogP contribution in [0.25, 0.3) is 0 Å². The van der Waals surface area contributed by atoms with Crippen LogP contribution in [0.5, 0.6) is 0 Å². The van der Waals surface area contributed by atoms with E-state index in [2.05, 4.69) is 25.2 Å². The van der Waals surface area contributed by atoms with E-state index in [1.165, 1.54) is 25.3 Å². The van der Waals surface area contributed by atoms with Crippen molar-refractivity contribution in [1.82, 2.24) is 5.32 Å². The molecule has 222 valence electrons. The Morgan fingerprint density at radius 3 is 2.33 bits per heavy atom. The Morgan fingerprint density at radius 1 is 1.05 bits per heavy atom. The fourth-order valence-corrected chi connectivity index (χ4v) is 6.49. The van der Waals surface area contributed by atoms with Crippen LogP contribution in [-0.2, 0) is 42.9 Å². The number of ether oxygens (including phenoxy) is 4. The summed E-state index contributed by atoms with van der Waals surface area (Å²) in [5.74, 6) is -3.13. The predicted molar refractivity (Wildman–Crippen MR) is 145 cm³/mol. The van der Waals surface area contributed by atoms with Crippen LogP contribution < -0.4 is 5.32 Å². The van der Waals surface area contributed by atoms with Crippen LogP contribution in [0.15, 0.2) is 23.8 Å². The highest BCUT2D eigenvalue weighted by molar-refractivity contribution is 6.38. The van der Waals surface area contributed by atoms with E-state index in [0.29, 0.717) is 5.92 Å². The van der Waals surface area contributed by atoms with Gasteiger partial charge in [0.15, 0.2) is 28.5 Å². The summed E-state index contributed by atoms with van der Waals surface area (Å²) in [5, 5.41) is 2.76. The second-order valence-electron chi connectivity index (χ2n) is 11.1. The third-order valence-corrected chi connectivity index (χ3v) is 8.15. The molecule has 1 saturated heterocycles. The number of unbranched alkanes of at least 4 members (excludes halogenated alkanes) is 3. The van der Waals surface area contributed by atoms with Crippen LogP contribution in [0.4, 0.5) is 0 Å². The Labute approximate surface area is 240 Å². The molecule has 0 aromatic carbocycles. The van der Waals surface area contributed by atoms with Gasteiger partial charge in [-0.25, -0.2) is 0 Å². The molecule has 3 aliphatic rings. The molecule has 1 heterocycles.